The van der Waals surface area contributed by atoms with E-state index in [1.807, 2.05) is 50.2 Å². The molecule has 0 aromatic heterocycles. The third-order valence-electron chi connectivity index (χ3n) is 5.95. The summed E-state index contributed by atoms with van der Waals surface area (Å²) in [6, 6.07) is 14.7. The van der Waals surface area contributed by atoms with Crippen LogP contribution in [-0.2, 0) is 36.6 Å². The molecule has 0 saturated carbocycles. The predicted molar refractivity (Wildman–Crippen MR) is 126 cm³/mol. The summed E-state index contributed by atoms with van der Waals surface area (Å²) in [5.74, 6) is -0.558. The minimum atomic E-state index is -1.48. The number of esters is 1. The highest BCUT2D eigenvalue weighted by Crippen LogP contribution is 2.41. The second-order valence-electron chi connectivity index (χ2n) is 9.51. The van der Waals surface area contributed by atoms with E-state index in [0.29, 0.717) is 12.0 Å². The second kappa shape index (κ2) is 9.25. The third-order valence-corrected chi connectivity index (χ3v) is 5.95. The Morgan fingerprint density at radius 3 is 2.45 bits per heavy atom. The number of benzene rings is 2. The topological polar surface area (TPSA) is 84.9 Å². The van der Waals surface area contributed by atoms with Crippen molar-refractivity contribution >= 4 is 23.7 Å². The summed E-state index contributed by atoms with van der Waals surface area (Å²) >= 11 is 0. The Kier molecular flexibility index (Phi) is 6.81. The van der Waals surface area contributed by atoms with E-state index < -0.39 is 23.0 Å². The van der Waals surface area contributed by atoms with Gasteiger partial charge < -0.3 is 19.7 Å². The van der Waals surface area contributed by atoms with E-state index in [0.717, 1.165) is 16.8 Å². The maximum Gasteiger partial charge on any atom is 0.408 e. The van der Waals surface area contributed by atoms with Gasteiger partial charge in [-0.15, -0.1) is 0 Å². The first-order valence-electron chi connectivity index (χ1n) is 11.1. The lowest BCUT2D eigenvalue weighted by atomic mass is 9.75. The smallest absolute Gasteiger partial charge is 0.408 e. The average molecular weight is 453 g/mol. The van der Waals surface area contributed by atoms with Gasteiger partial charge in [-0.3, -0.25) is 4.79 Å². The van der Waals surface area contributed by atoms with E-state index in [9.17, 15) is 14.4 Å². The van der Waals surface area contributed by atoms with Crippen molar-refractivity contribution in [3.05, 3.63) is 65.2 Å². The van der Waals surface area contributed by atoms with Crippen LogP contribution >= 0.6 is 0 Å². The second-order valence-corrected chi connectivity index (χ2v) is 9.51. The van der Waals surface area contributed by atoms with Crippen molar-refractivity contribution < 1.29 is 23.9 Å². The maximum absolute atomic E-state index is 13.2. The first-order valence-corrected chi connectivity index (χ1v) is 11.1. The van der Waals surface area contributed by atoms with Gasteiger partial charge in [0.15, 0.2) is 5.54 Å². The highest BCUT2D eigenvalue weighted by molar-refractivity contribution is 5.97. The number of rotatable bonds is 6. The molecule has 2 amide bonds. The van der Waals surface area contributed by atoms with Gasteiger partial charge in [0.2, 0.25) is 5.91 Å². The molecule has 1 heterocycles. The van der Waals surface area contributed by atoms with Gasteiger partial charge >= 0.3 is 12.1 Å². The summed E-state index contributed by atoms with van der Waals surface area (Å²) < 4.78 is 10.9. The van der Waals surface area contributed by atoms with Crippen molar-refractivity contribution in [1.29, 1.82) is 0 Å². The van der Waals surface area contributed by atoms with Crippen LogP contribution in [0.3, 0.4) is 0 Å². The number of amides is 2. The van der Waals surface area contributed by atoms with Crippen LogP contribution in [0.4, 0.5) is 10.5 Å². The Bertz CT molecular complexity index is 1050. The number of nitrogens with one attached hydrogen (secondary N) is 1. The van der Waals surface area contributed by atoms with E-state index in [1.165, 1.54) is 0 Å². The average Bonchev–Trinajstić information content (AvgIpc) is 2.75. The molecule has 1 N–H and O–H groups in total. The standard InChI is InChI=1S/C26H32N2O5/c1-17(2)33-23(30)26(5,27-24(31)32-16-18-10-8-7-9-11-18)19-12-13-21-20(14-19)25(3,4)15-22(29)28(21)6/h7-14,17H,15-16H2,1-6H3,(H,27,31)/t26-/m1/s1. The lowest BCUT2D eigenvalue weighted by Crippen LogP contribution is -2.51. The Morgan fingerprint density at radius 1 is 1.15 bits per heavy atom. The van der Waals surface area contributed by atoms with Crippen LogP contribution in [0.2, 0.25) is 0 Å². The molecule has 0 spiro atoms. The first kappa shape index (κ1) is 24.3. The summed E-state index contributed by atoms with van der Waals surface area (Å²) in [7, 11) is 1.74. The normalized spacial score (nSPS) is 16.6. The molecule has 7 nitrogen and oxygen atoms in total. The molecular formula is C26H32N2O5. The molecule has 2 aromatic rings. The Hall–Kier alpha value is -3.35. The van der Waals surface area contributed by atoms with Crippen LogP contribution in [0.25, 0.3) is 0 Å². The summed E-state index contributed by atoms with van der Waals surface area (Å²) in [5.41, 5.74) is 1.19. The molecule has 2 aromatic carbocycles. The summed E-state index contributed by atoms with van der Waals surface area (Å²) in [5, 5.41) is 2.72. The fraction of sp³-hybridized carbons (Fsp3) is 0.423. The zero-order valence-corrected chi connectivity index (χ0v) is 20.1. The van der Waals surface area contributed by atoms with Gasteiger partial charge in [0.25, 0.3) is 0 Å². The number of ether oxygens (including phenoxy) is 2. The van der Waals surface area contributed by atoms with Crippen LogP contribution in [0.15, 0.2) is 48.5 Å². The molecule has 0 radical (unpaired) electrons. The molecule has 3 rings (SSSR count). The van der Waals surface area contributed by atoms with Crippen molar-refractivity contribution in [2.24, 2.45) is 0 Å². The quantitative estimate of drug-likeness (QED) is 0.656. The zero-order valence-electron chi connectivity index (χ0n) is 20.1. The Morgan fingerprint density at radius 2 is 1.82 bits per heavy atom. The molecule has 0 fully saturated rings. The minimum absolute atomic E-state index is 0.0323. The van der Waals surface area contributed by atoms with Crippen molar-refractivity contribution in [2.75, 3.05) is 11.9 Å². The van der Waals surface area contributed by atoms with E-state index in [1.54, 1.807) is 44.9 Å². The highest BCUT2D eigenvalue weighted by Gasteiger charge is 2.42. The van der Waals surface area contributed by atoms with E-state index in [-0.39, 0.29) is 18.6 Å². The largest absolute Gasteiger partial charge is 0.461 e. The lowest BCUT2D eigenvalue weighted by molar-refractivity contribution is -0.155. The summed E-state index contributed by atoms with van der Waals surface area (Å²) in [6.07, 6.45) is -0.747. The molecule has 1 aliphatic heterocycles. The monoisotopic (exact) mass is 452 g/mol. The molecule has 7 heteroatoms. The fourth-order valence-electron chi connectivity index (χ4n) is 3.94. The molecule has 0 aliphatic carbocycles. The van der Waals surface area contributed by atoms with Gasteiger partial charge in [-0.1, -0.05) is 56.3 Å². The van der Waals surface area contributed by atoms with Crippen molar-refractivity contribution in [3.63, 3.8) is 0 Å². The number of fused-ring (bicyclic) bond motifs is 1. The van der Waals surface area contributed by atoms with Crippen LogP contribution in [-0.4, -0.2) is 31.1 Å². The molecule has 1 aliphatic rings. The number of alkyl carbamates (subject to hydrolysis) is 1. The number of carbonyl (C=O) groups is 3. The van der Waals surface area contributed by atoms with Crippen molar-refractivity contribution in [2.45, 2.75) is 64.7 Å². The Labute approximate surface area is 195 Å². The van der Waals surface area contributed by atoms with Crippen molar-refractivity contribution in [1.82, 2.24) is 5.32 Å². The van der Waals surface area contributed by atoms with Crippen LogP contribution in [0.1, 0.15) is 57.7 Å². The minimum Gasteiger partial charge on any atom is -0.461 e. The van der Waals surface area contributed by atoms with Gasteiger partial charge in [0, 0.05) is 24.6 Å². The lowest BCUT2D eigenvalue weighted by Gasteiger charge is -2.38. The molecule has 0 saturated heterocycles. The first-order chi connectivity index (χ1) is 15.4. The zero-order chi connectivity index (χ0) is 24.4. The van der Waals surface area contributed by atoms with Gasteiger partial charge in [0.05, 0.1) is 6.10 Å². The molecular weight excluding hydrogens is 420 g/mol. The fourth-order valence-corrected chi connectivity index (χ4v) is 3.94. The van der Waals surface area contributed by atoms with Gasteiger partial charge in [-0.2, -0.15) is 0 Å². The molecule has 176 valence electrons. The molecule has 0 bridgehead atoms. The SMILES string of the molecule is CC(C)OC(=O)[C@](C)(NC(=O)OCc1ccccc1)c1ccc2c(c1)C(C)(C)CC(=O)N2C. The Balaban J connectivity index is 1.94. The van der Waals surface area contributed by atoms with Crippen molar-refractivity contribution in [3.8, 4) is 0 Å². The van der Waals surface area contributed by atoms with Crippen LogP contribution < -0.4 is 10.2 Å². The predicted octanol–water partition coefficient (Wildman–Crippen LogP) is 4.42. The number of nitrogens with zero attached hydrogens (tertiary/aromatic N) is 1. The molecule has 0 unspecified atom stereocenters. The number of hydrogen-bond donors (Lipinski definition) is 1. The maximum atomic E-state index is 13.2. The van der Waals surface area contributed by atoms with E-state index >= 15 is 0 Å². The summed E-state index contributed by atoms with van der Waals surface area (Å²) in [4.78, 5) is 39.9. The number of anilines is 1. The summed E-state index contributed by atoms with van der Waals surface area (Å²) in [6.45, 7) is 9.17. The highest BCUT2D eigenvalue weighted by atomic mass is 16.6. The number of hydrogen-bond acceptors (Lipinski definition) is 5. The van der Waals surface area contributed by atoms with Gasteiger partial charge in [0.1, 0.15) is 6.61 Å². The molecule has 1 atom stereocenters. The molecule has 33 heavy (non-hydrogen) atoms. The van der Waals surface area contributed by atoms with Gasteiger partial charge in [-0.05, 0) is 43.5 Å². The third kappa shape index (κ3) is 5.18. The van der Waals surface area contributed by atoms with Crippen LogP contribution in [0.5, 0.6) is 0 Å². The van der Waals surface area contributed by atoms with Gasteiger partial charge in [-0.25, -0.2) is 9.59 Å². The van der Waals surface area contributed by atoms with E-state index in [4.69, 9.17) is 9.47 Å². The number of carbonyl (C=O) groups excluding carboxylic acids is 3. The van der Waals surface area contributed by atoms with Crippen LogP contribution in [0, 0.1) is 0 Å². The van der Waals surface area contributed by atoms with E-state index in [2.05, 4.69) is 5.32 Å².